The van der Waals surface area contributed by atoms with Gasteiger partial charge in [-0.25, -0.2) is 4.39 Å². The average molecular weight is 181 g/mol. The summed E-state index contributed by atoms with van der Waals surface area (Å²) < 4.78 is 13.2. The fourth-order valence-corrected chi connectivity index (χ4v) is 1.75. The number of halogens is 1. The largest absolute Gasteiger partial charge is 0.396 e. The van der Waals surface area contributed by atoms with Gasteiger partial charge in [0, 0.05) is 23.9 Å². The van der Waals surface area contributed by atoms with Crippen molar-refractivity contribution < 1.29 is 9.50 Å². The fraction of sp³-hybridized carbons (Fsp3) is 0.400. The van der Waals surface area contributed by atoms with Gasteiger partial charge in [0.25, 0.3) is 0 Å². The lowest BCUT2D eigenvalue weighted by molar-refractivity contribution is 0.280. The molecule has 0 saturated heterocycles. The number of hydrogen-bond acceptors (Lipinski definition) is 2. The van der Waals surface area contributed by atoms with Crippen molar-refractivity contribution >= 4 is 5.69 Å². The van der Waals surface area contributed by atoms with Gasteiger partial charge >= 0.3 is 0 Å². The molecule has 1 unspecified atom stereocenters. The molecule has 0 aromatic heterocycles. The zero-order valence-electron chi connectivity index (χ0n) is 7.26. The number of fused-ring (bicyclic) bond motifs is 1. The third kappa shape index (κ3) is 1.52. The lowest BCUT2D eigenvalue weighted by Crippen LogP contribution is -2.16. The van der Waals surface area contributed by atoms with Gasteiger partial charge in [0.1, 0.15) is 5.82 Å². The Morgan fingerprint density at radius 1 is 1.54 bits per heavy atom. The molecule has 2 N–H and O–H groups in total. The summed E-state index contributed by atoms with van der Waals surface area (Å²) in [4.78, 5) is 0. The van der Waals surface area contributed by atoms with Crippen LogP contribution in [-0.2, 0) is 6.42 Å². The Hall–Kier alpha value is -1.09. The highest BCUT2D eigenvalue weighted by molar-refractivity contribution is 5.57. The fourth-order valence-electron chi connectivity index (χ4n) is 1.75. The summed E-state index contributed by atoms with van der Waals surface area (Å²) in [5, 5.41) is 11.9. The predicted octanol–water partition coefficient (Wildman–Crippen LogP) is 1.54. The van der Waals surface area contributed by atoms with E-state index in [-0.39, 0.29) is 18.5 Å². The molecule has 2 nitrogen and oxygen atoms in total. The second-order valence-corrected chi connectivity index (χ2v) is 3.32. The van der Waals surface area contributed by atoms with Crippen LogP contribution in [0.2, 0.25) is 0 Å². The van der Waals surface area contributed by atoms with Gasteiger partial charge in [-0.15, -0.1) is 0 Å². The van der Waals surface area contributed by atoms with Crippen LogP contribution in [0.25, 0.3) is 0 Å². The first-order chi connectivity index (χ1) is 6.31. The molecule has 1 heterocycles. The van der Waals surface area contributed by atoms with Crippen LogP contribution in [0.4, 0.5) is 10.1 Å². The number of aliphatic hydroxyl groups is 1. The topological polar surface area (TPSA) is 32.3 Å². The normalized spacial score (nSPS) is 19.7. The molecule has 3 heteroatoms. The molecule has 0 radical (unpaired) electrons. The van der Waals surface area contributed by atoms with Crippen LogP contribution in [0.3, 0.4) is 0 Å². The second-order valence-electron chi connectivity index (χ2n) is 3.32. The number of rotatable bonds is 2. The standard InChI is InChI=1S/C10H12FNO/c11-9-2-1-3-10-8(9)6-7(12-10)4-5-13/h1-3,7,12-13H,4-6H2. The van der Waals surface area contributed by atoms with Crippen molar-refractivity contribution in [1.29, 1.82) is 0 Å². The lowest BCUT2D eigenvalue weighted by Gasteiger charge is -2.07. The number of anilines is 1. The molecular formula is C10H12FNO. The van der Waals surface area contributed by atoms with Crippen LogP contribution in [0.5, 0.6) is 0 Å². The van der Waals surface area contributed by atoms with Gasteiger partial charge in [-0.2, -0.15) is 0 Å². The van der Waals surface area contributed by atoms with E-state index in [0.717, 1.165) is 11.3 Å². The summed E-state index contributed by atoms with van der Waals surface area (Å²) in [6.45, 7) is 0.146. The van der Waals surface area contributed by atoms with Gasteiger partial charge in [0.15, 0.2) is 0 Å². The molecule has 13 heavy (non-hydrogen) atoms. The molecule has 1 aromatic rings. The maximum Gasteiger partial charge on any atom is 0.128 e. The highest BCUT2D eigenvalue weighted by Crippen LogP contribution is 2.28. The molecule has 1 aromatic carbocycles. The summed E-state index contributed by atoms with van der Waals surface area (Å²) in [6.07, 6.45) is 1.36. The minimum Gasteiger partial charge on any atom is -0.396 e. The van der Waals surface area contributed by atoms with E-state index in [1.54, 1.807) is 6.07 Å². The Labute approximate surface area is 76.4 Å². The van der Waals surface area contributed by atoms with E-state index in [0.29, 0.717) is 12.8 Å². The second kappa shape index (κ2) is 3.34. The molecule has 0 saturated carbocycles. The van der Waals surface area contributed by atoms with E-state index < -0.39 is 0 Å². The molecule has 1 atom stereocenters. The average Bonchev–Trinajstić information content (AvgIpc) is 2.49. The van der Waals surface area contributed by atoms with Crippen LogP contribution >= 0.6 is 0 Å². The first kappa shape index (κ1) is 8.51. The summed E-state index contributed by atoms with van der Waals surface area (Å²) >= 11 is 0. The predicted molar refractivity (Wildman–Crippen MR) is 49.2 cm³/mol. The first-order valence-electron chi connectivity index (χ1n) is 4.46. The summed E-state index contributed by atoms with van der Waals surface area (Å²) in [7, 11) is 0. The molecule has 0 fully saturated rings. The molecule has 0 amide bonds. The van der Waals surface area contributed by atoms with Crippen LogP contribution in [0.15, 0.2) is 18.2 Å². The quantitative estimate of drug-likeness (QED) is 0.725. The van der Waals surface area contributed by atoms with Gasteiger partial charge in [-0.1, -0.05) is 6.07 Å². The maximum atomic E-state index is 13.2. The zero-order chi connectivity index (χ0) is 9.26. The molecule has 0 aliphatic carbocycles. The Kier molecular flexibility index (Phi) is 2.19. The molecule has 1 aliphatic rings. The van der Waals surface area contributed by atoms with Crippen molar-refractivity contribution in [3.8, 4) is 0 Å². The number of hydrogen-bond donors (Lipinski definition) is 2. The highest BCUT2D eigenvalue weighted by Gasteiger charge is 2.22. The molecular weight excluding hydrogens is 169 g/mol. The minimum absolute atomic E-state index is 0.146. The van der Waals surface area contributed by atoms with Gasteiger partial charge in [0.05, 0.1) is 0 Å². The lowest BCUT2D eigenvalue weighted by atomic mass is 10.1. The smallest absolute Gasteiger partial charge is 0.128 e. The Morgan fingerprint density at radius 2 is 2.38 bits per heavy atom. The number of benzene rings is 1. The van der Waals surface area contributed by atoms with Crippen molar-refractivity contribution in [2.24, 2.45) is 0 Å². The van der Waals surface area contributed by atoms with Gasteiger partial charge in [-0.3, -0.25) is 0 Å². The van der Waals surface area contributed by atoms with Crippen molar-refractivity contribution in [2.75, 3.05) is 11.9 Å². The van der Waals surface area contributed by atoms with Gasteiger partial charge < -0.3 is 10.4 Å². The molecule has 2 rings (SSSR count). The summed E-state index contributed by atoms with van der Waals surface area (Å²) in [5.74, 6) is -0.148. The van der Waals surface area contributed by atoms with E-state index >= 15 is 0 Å². The van der Waals surface area contributed by atoms with Gasteiger partial charge in [-0.05, 0) is 25.0 Å². The molecule has 1 aliphatic heterocycles. The molecule has 0 spiro atoms. The Balaban J connectivity index is 2.20. The SMILES string of the molecule is OCCC1Cc2c(F)cccc2N1. The third-order valence-electron chi connectivity index (χ3n) is 2.41. The van der Waals surface area contributed by atoms with Crippen LogP contribution in [0, 0.1) is 5.82 Å². The van der Waals surface area contributed by atoms with E-state index in [1.807, 2.05) is 6.07 Å². The summed E-state index contributed by atoms with van der Waals surface area (Å²) in [5.41, 5.74) is 1.62. The maximum absolute atomic E-state index is 13.2. The van der Waals surface area contributed by atoms with Crippen molar-refractivity contribution in [3.05, 3.63) is 29.6 Å². The van der Waals surface area contributed by atoms with Crippen molar-refractivity contribution in [2.45, 2.75) is 18.9 Å². The number of nitrogens with one attached hydrogen (secondary N) is 1. The molecule has 70 valence electrons. The zero-order valence-corrected chi connectivity index (χ0v) is 7.26. The van der Waals surface area contributed by atoms with E-state index in [9.17, 15) is 4.39 Å². The molecule has 0 bridgehead atoms. The number of aliphatic hydroxyl groups excluding tert-OH is 1. The Morgan fingerprint density at radius 3 is 3.08 bits per heavy atom. The first-order valence-corrected chi connectivity index (χ1v) is 4.46. The van der Waals surface area contributed by atoms with E-state index in [2.05, 4.69) is 5.32 Å². The highest BCUT2D eigenvalue weighted by atomic mass is 19.1. The van der Waals surface area contributed by atoms with Crippen LogP contribution < -0.4 is 5.32 Å². The van der Waals surface area contributed by atoms with E-state index in [4.69, 9.17) is 5.11 Å². The van der Waals surface area contributed by atoms with Crippen LogP contribution in [-0.4, -0.2) is 17.8 Å². The Bertz CT molecular complexity index is 314. The minimum atomic E-state index is -0.148. The van der Waals surface area contributed by atoms with Gasteiger partial charge in [0.2, 0.25) is 0 Å². The summed E-state index contributed by atoms with van der Waals surface area (Å²) in [6, 6.07) is 5.23. The van der Waals surface area contributed by atoms with E-state index in [1.165, 1.54) is 6.07 Å². The van der Waals surface area contributed by atoms with Crippen LogP contribution in [0.1, 0.15) is 12.0 Å². The van der Waals surface area contributed by atoms with Crippen molar-refractivity contribution in [1.82, 2.24) is 0 Å². The monoisotopic (exact) mass is 181 g/mol. The van der Waals surface area contributed by atoms with Crippen molar-refractivity contribution in [3.63, 3.8) is 0 Å². The third-order valence-corrected chi connectivity index (χ3v) is 2.41.